The van der Waals surface area contributed by atoms with Gasteiger partial charge in [-0.15, -0.1) is 0 Å². The Balaban J connectivity index is 0.000000174. The number of anilines is 2. The Morgan fingerprint density at radius 1 is 0.562 bits per heavy atom. The van der Waals surface area contributed by atoms with Crippen LogP contribution in [0.15, 0.2) is 134 Å². The molecule has 22 heteroatoms. The minimum Gasteiger partial charge on any atom is -0.490 e. The minimum atomic E-state index is -4.05. The van der Waals surface area contributed by atoms with E-state index in [9.17, 15) is 36.6 Å². The van der Waals surface area contributed by atoms with Gasteiger partial charge in [0.15, 0.2) is 0 Å². The van der Waals surface area contributed by atoms with E-state index in [0.717, 1.165) is 51.4 Å². The number of nitrogens with zero attached hydrogens (tertiary/aromatic N) is 4. The van der Waals surface area contributed by atoms with Crippen LogP contribution < -0.4 is 28.7 Å². The first kappa shape index (κ1) is 67.6. The SMILES string of the molecule is C[C@@H]1[C@@H](C)C/C=C/[C@@](O)(c2cnccc2F)[C@@H]2CC[C@H]2CN2C[C@@]3(CCCc4cc(Cl)ccc43)COc3ccc(cc32)C(=O)NS1(=O)=O.C[C@@H]1[C@@H](C)C/C=C/[C@](O)(c2cnccc2F)[C@@H]2CC[C@H]2CN2C[C@@]3(CCCc4cc(Cl)ccc43)COc3ccc(cc32)C(=O)NS1(=O)=O. The lowest BCUT2D eigenvalue weighted by atomic mass is 9.62. The summed E-state index contributed by atoms with van der Waals surface area (Å²) >= 11 is 12.8. The number of hydrogen-bond acceptors (Lipinski definition) is 14. The number of amides is 2. The summed E-state index contributed by atoms with van der Waals surface area (Å²) < 4.78 is 102. The summed E-state index contributed by atoms with van der Waals surface area (Å²) in [6.45, 7) is 9.70. The fraction of sp³-hybridized carbons (Fsp3) is 0.459. The smallest absolute Gasteiger partial charge is 0.264 e. The van der Waals surface area contributed by atoms with Crippen molar-refractivity contribution in [1.29, 1.82) is 0 Å². The second-order valence-corrected chi connectivity index (χ2v) is 33.4. The van der Waals surface area contributed by atoms with Crippen LogP contribution in [0.4, 0.5) is 20.2 Å². The van der Waals surface area contributed by atoms with Gasteiger partial charge >= 0.3 is 0 Å². The topological polar surface area (TPSA) is 218 Å². The predicted molar refractivity (Wildman–Crippen MR) is 367 cm³/mol. The molecule has 4 N–H and O–H groups in total. The molecule has 4 aliphatic carbocycles. The van der Waals surface area contributed by atoms with E-state index in [1.165, 1.54) is 59.2 Å². The third-order valence-corrected chi connectivity index (χ3v) is 27.0. The number of allylic oxidation sites excluding steroid dienone is 2. The minimum absolute atomic E-state index is 0.0300. The first-order valence-electron chi connectivity index (χ1n) is 33.5. The molecule has 6 aromatic rings. The Labute approximate surface area is 571 Å². The molecule has 6 heterocycles. The molecular weight excluding hydrogens is 1310 g/mol. The number of aryl methyl sites for hydroxylation is 2. The van der Waals surface area contributed by atoms with Gasteiger partial charge in [-0.2, -0.15) is 0 Å². The Kier molecular flexibility index (Phi) is 18.6. The number of fused-ring (bicyclic) bond motifs is 8. The number of halogens is 4. The summed E-state index contributed by atoms with van der Waals surface area (Å²) in [7, 11) is -8.11. The van der Waals surface area contributed by atoms with Crippen LogP contribution >= 0.6 is 23.2 Å². The number of nitrogens with one attached hydrogen (secondary N) is 2. The molecule has 2 amide bonds. The zero-order valence-corrected chi connectivity index (χ0v) is 57.5. The summed E-state index contributed by atoms with van der Waals surface area (Å²) in [6, 6.07) is 24.7. The molecule has 2 spiro atoms. The lowest BCUT2D eigenvalue weighted by Gasteiger charge is -2.49. The molecule has 16 nitrogen and oxygen atoms in total. The largest absolute Gasteiger partial charge is 0.490 e. The van der Waals surface area contributed by atoms with Crippen molar-refractivity contribution >= 4 is 66.4 Å². The van der Waals surface area contributed by atoms with Crippen molar-refractivity contribution in [2.24, 2.45) is 35.5 Å². The highest BCUT2D eigenvalue weighted by Crippen LogP contribution is 2.54. The van der Waals surface area contributed by atoms with Crippen LogP contribution in [0.2, 0.25) is 10.0 Å². The quantitative estimate of drug-likeness (QED) is 0.119. The lowest BCUT2D eigenvalue weighted by molar-refractivity contribution is -0.0526. The summed E-state index contributed by atoms with van der Waals surface area (Å²) in [4.78, 5) is 39.8. The molecule has 2 fully saturated rings. The summed E-state index contributed by atoms with van der Waals surface area (Å²) in [5.41, 5.74) is 2.70. The zero-order chi connectivity index (χ0) is 67.7. The first-order valence-corrected chi connectivity index (χ1v) is 37.4. The number of benzene rings is 4. The number of pyridine rings is 2. The predicted octanol–water partition coefficient (Wildman–Crippen LogP) is 12.6. The van der Waals surface area contributed by atoms with Gasteiger partial charge < -0.3 is 29.5 Å². The zero-order valence-electron chi connectivity index (χ0n) is 54.3. The van der Waals surface area contributed by atoms with Gasteiger partial charge in [-0.25, -0.2) is 35.1 Å². The van der Waals surface area contributed by atoms with Crippen LogP contribution in [0.25, 0.3) is 0 Å². The van der Waals surface area contributed by atoms with Gasteiger partial charge in [-0.1, -0.05) is 73.5 Å². The van der Waals surface area contributed by atoms with Gasteiger partial charge in [0.1, 0.15) is 34.3 Å². The monoisotopic (exact) mass is 1390 g/mol. The maximum Gasteiger partial charge on any atom is 0.264 e. The van der Waals surface area contributed by atoms with Crippen LogP contribution in [0.5, 0.6) is 11.5 Å². The Bertz CT molecular complexity index is 4050. The molecule has 0 radical (unpaired) electrons. The van der Waals surface area contributed by atoms with Crippen molar-refractivity contribution in [3.05, 3.63) is 200 Å². The van der Waals surface area contributed by atoms with Crippen molar-refractivity contribution < 1.29 is 54.9 Å². The van der Waals surface area contributed by atoms with E-state index < -0.39 is 77.0 Å². The van der Waals surface area contributed by atoms with Gasteiger partial charge in [0.05, 0.1) is 35.1 Å². The van der Waals surface area contributed by atoms with Crippen LogP contribution in [0, 0.1) is 47.1 Å². The number of rotatable bonds is 2. The Morgan fingerprint density at radius 3 is 1.36 bits per heavy atom. The molecular formula is C74H82Cl2F2N6O10S2. The van der Waals surface area contributed by atoms with E-state index in [2.05, 4.69) is 41.3 Å². The number of hydrogen-bond donors (Lipinski definition) is 4. The molecule has 2 saturated carbocycles. The van der Waals surface area contributed by atoms with E-state index in [1.807, 2.05) is 24.3 Å². The number of aromatic nitrogens is 2. The number of sulfonamides is 2. The molecule has 2 aromatic heterocycles. The number of ether oxygens (including phenoxy) is 2. The molecule has 4 aromatic carbocycles. The Morgan fingerprint density at radius 2 is 0.979 bits per heavy atom. The van der Waals surface area contributed by atoms with Gasteiger partial charge in [0.25, 0.3) is 11.8 Å². The third kappa shape index (κ3) is 12.7. The molecule has 0 unspecified atom stereocenters. The van der Waals surface area contributed by atoms with E-state index in [0.29, 0.717) is 98.0 Å². The summed E-state index contributed by atoms with van der Waals surface area (Å²) in [6.07, 6.45) is 21.3. The van der Waals surface area contributed by atoms with E-state index in [1.54, 1.807) is 88.4 Å². The average molecular weight is 1390 g/mol. The molecule has 96 heavy (non-hydrogen) atoms. The van der Waals surface area contributed by atoms with Crippen LogP contribution in [0.3, 0.4) is 0 Å². The normalized spacial score (nSPS) is 32.1. The summed E-state index contributed by atoms with van der Waals surface area (Å²) in [5, 5.41) is 24.4. The fourth-order valence-electron chi connectivity index (χ4n) is 16.5. The highest BCUT2D eigenvalue weighted by atomic mass is 35.5. The van der Waals surface area contributed by atoms with Gasteiger partial charge in [0.2, 0.25) is 20.0 Å². The molecule has 14 rings (SSSR count). The third-order valence-electron chi connectivity index (χ3n) is 22.7. The Hall–Kier alpha value is -6.94. The van der Waals surface area contributed by atoms with Gasteiger partial charge in [0, 0.05) is 106 Å². The van der Waals surface area contributed by atoms with Crippen molar-refractivity contribution in [2.45, 2.75) is 137 Å². The van der Waals surface area contributed by atoms with Gasteiger partial charge in [-0.05, 0) is 210 Å². The number of carbonyl (C=O) groups excluding carboxylic acids is 2. The lowest BCUT2D eigenvalue weighted by Crippen LogP contribution is -2.51. The number of aliphatic hydroxyl groups is 2. The van der Waals surface area contributed by atoms with Crippen molar-refractivity contribution in [3.8, 4) is 11.5 Å². The molecule has 0 saturated heterocycles. The standard InChI is InChI=1S/2C37H41ClFN3O5S/c2*1-23-5-3-15-37(44,31-19-40-16-13-32(31)39)30-10-7-27(30)20-42-21-36(14-4-6-25-17-28(38)9-11-29(25)36)22-47-34-12-8-26(18-33(34)42)35(43)41-48(45,46)24(23)2/h2*3,8-9,11-13,15-19,23-24,27,30,44H,4-7,10,14,20-22H2,1-2H3,(H,41,43)/b2*15-3+/t23-,24+,27-,30+,36-,37+;23-,24+,27-,30+,36-,37-/m00/s1. The summed E-state index contributed by atoms with van der Waals surface area (Å²) in [5.74, 6) is -2.81. The maximum atomic E-state index is 15.4. The van der Waals surface area contributed by atoms with E-state index in [4.69, 9.17) is 32.7 Å². The second-order valence-electron chi connectivity index (χ2n) is 28.4. The van der Waals surface area contributed by atoms with Crippen LogP contribution in [0.1, 0.15) is 146 Å². The van der Waals surface area contributed by atoms with Crippen LogP contribution in [-0.2, 0) is 54.9 Å². The fourth-order valence-corrected chi connectivity index (χ4v) is 19.4. The molecule has 508 valence electrons. The second kappa shape index (κ2) is 26.4. The highest BCUT2D eigenvalue weighted by molar-refractivity contribution is 7.91. The van der Waals surface area contributed by atoms with Crippen LogP contribution in [-0.4, -0.2) is 98.7 Å². The number of carbonyl (C=O) groups is 2. The molecule has 4 bridgehead atoms. The van der Waals surface area contributed by atoms with Crippen molar-refractivity contribution in [1.82, 2.24) is 19.4 Å². The molecule has 12 atom stereocenters. The van der Waals surface area contributed by atoms with Crippen molar-refractivity contribution in [3.63, 3.8) is 0 Å². The maximum absolute atomic E-state index is 15.4. The van der Waals surface area contributed by atoms with E-state index in [-0.39, 0.29) is 56.8 Å². The van der Waals surface area contributed by atoms with E-state index >= 15 is 8.78 Å². The highest BCUT2D eigenvalue weighted by Gasteiger charge is 2.52. The van der Waals surface area contributed by atoms with Crippen molar-refractivity contribution in [2.75, 3.05) is 49.2 Å². The molecule has 4 aliphatic heterocycles. The molecule has 8 aliphatic rings. The van der Waals surface area contributed by atoms with Gasteiger partial charge in [-0.3, -0.25) is 19.6 Å². The first-order chi connectivity index (χ1) is 45.8. The average Bonchev–Trinajstić information content (AvgIpc) is 1.17.